The van der Waals surface area contributed by atoms with Gasteiger partial charge in [-0.25, -0.2) is 4.79 Å². The van der Waals surface area contributed by atoms with E-state index < -0.39 is 5.97 Å². The first-order valence-electron chi connectivity index (χ1n) is 8.66. The smallest absolute Gasteiger partial charge is 0.345 e. The predicted molar refractivity (Wildman–Crippen MR) is 105 cm³/mol. The predicted octanol–water partition coefficient (Wildman–Crippen LogP) is 3.88. The first kappa shape index (κ1) is 21.1. The van der Waals surface area contributed by atoms with E-state index in [0.717, 1.165) is 25.8 Å². The number of hydrogen-bond acceptors (Lipinski definition) is 4. The zero-order valence-electron chi connectivity index (χ0n) is 15.0. The van der Waals surface area contributed by atoms with Gasteiger partial charge in [0, 0.05) is 23.7 Å². The standard InChI is InChI=1S/C20H21Cl2NO4/c1-15-7-4-5-11-23(15)19(24)8-3-2-6-12-26-20(25)14-27-18-10-9-16(21)13-17(18)22/h3,8-10,13,15H,4-5,7,11-12,14H2,1H3/b8-3+. The van der Waals surface area contributed by atoms with Gasteiger partial charge in [-0.2, -0.15) is 0 Å². The van der Waals surface area contributed by atoms with E-state index >= 15 is 0 Å². The molecule has 5 nitrogen and oxygen atoms in total. The minimum Gasteiger partial charge on any atom is -0.480 e. The second-order valence-electron chi connectivity index (χ2n) is 6.05. The number of benzene rings is 1. The van der Waals surface area contributed by atoms with Gasteiger partial charge in [-0.3, -0.25) is 4.79 Å². The van der Waals surface area contributed by atoms with E-state index in [1.54, 1.807) is 12.1 Å². The Kier molecular flexibility index (Phi) is 8.50. The van der Waals surface area contributed by atoms with Crippen molar-refractivity contribution in [3.63, 3.8) is 0 Å². The fraction of sp³-hybridized carbons (Fsp3) is 0.400. The second kappa shape index (κ2) is 10.9. The molecule has 0 N–H and O–H groups in total. The molecule has 144 valence electrons. The Bertz CT molecular complexity index is 767. The number of carbonyl (C=O) groups excluding carboxylic acids is 2. The van der Waals surface area contributed by atoms with E-state index in [9.17, 15) is 9.59 Å². The molecule has 1 unspecified atom stereocenters. The van der Waals surface area contributed by atoms with Crippen LogP contribution in [0, 0.1) is 11.8 Å². The number of piperidine rings is 1. The molecule has 2 rings (SSSR count). The molecule has 1 saturated heterocycles. The number of nitrogens with zero attached hydrogens (tertiary/aromatic N) is 1. The van der Waals surface area contributed by atoms with Crippen molar-refractivity contribution in [3.05, 3.63) is 40.4 Å². The highest BCUT2D eigenvalue weighted by Gasteiger charge is 2.20. The van der Waals surface area contributed by atoms with E-state index in [0.29, 0.717) is 15.8 Å². The molecule has 0 radical (unpaired) electrons. The van der Waals surface area contributed by atoms with Gasteiger partial charge in [-0.1, -0.05) is 35.0 Å². The molecule has 1 aliphatic heterocycles. The van der Waals surface area contributed by atoms with Crippen molar-refractivity contribution >= 4 is 35.1 Å². The van der Waals surface area contributed by atoms with Crippen LogP contribution < -0.4 is 4.74 Å². The highest BCUT2D eigenvalue weighted by Crippen LogP contribution is 2.27. The molecule has 0 aliphatic carbocycles. The van der Waals surface area contributed by atoms with Crippen LogP contribution >= 0.6 is 23.2 Å². The Morgan fingerprint density at radius 2 is 2.15 bits per heavy atom. The van der Waals surface area contributed by atoms with Crippen LogP contribution in [0.5, 0.6) is 5.75 Å². The quantitative estimate of drug-likeness (QED) is 0.420. The average molecular weight is 410 g/mol. The zero-order chi connectivity index (χ0) is 19.6. The van der Waals surface area contributed by atoms with Gasteiger partial charge in [0.05, 0.1) is 5.02 Å². The number of esters is 1. The third-order valence-electron chi connectivity index (χ3n) is 4.04. The van der Waals surface area contributed by atoms with Gasteiger partial charge < -0.3 is 14.4 Å². The lowest BCUT2D eigenvalue weighted by atomic mass is 10.0. The number of carbonyl (C=O) groups is 2. The lowest BCUT2D eigenvalue weighted by molar-refractivity contribution is -0.144. The van der Waals surface area contributed by atoms with Crippen LogP contribution in [0.4, 0.5) is 0 Å². The number of amides is 1. The van der Waals surface area contributed by atoms with E-state index in [2.05, 4.69) is 18.8 Å². The Morgan fingerprint density at radius 1 is 1.33 bits per heavy atom. The van der Waals surface area contributed by atoms with E-state index in [4.69, 9.17) is 32.7 Å². The third kappa shape index (κ3) is 7.16. The van der Waals surface area contributed by atoms with Crippen molar-refractivity contribution in [2.24, 2.45) is 0 Å². The maximum Gasteiger partial charge on any atom is 0.345 e. The van der Waals surface area contributed by atoms with Crippen molar-refractivity contribution < 1.29 is 19.1 Å². The van der Waals surface area contributed by atoms with Crippen molar-refractivity contribution in [2.75, 3.05) is 19.8 Å². The molecule has 0 bridgehead atoms. The zero-order valence-corrected chi connectivity index (χ0v) is 16.6. The molecule has 1 atom stereocenters. The Labute approximate surface area is 169 Å². The third-order valence-corrected chi connectivity index (χ3v) is 4.57. The maximum absolute atomic E-state index is 12.1. The van der Waals surface area contributed by atoms with Crippen molar-refractivity contribution in [1.82, 2.24) is 4.90 Å². The van der Waals surface area contributed by atoms with Gasteiger partial charge in [-0.15, -0.1) is 0 Å². The molecule has 1 aromatic carbocycles. The SMILES string of the molecule is CC1CCCCN1C(=O)/C=C/C#CCOC(=O)COc1ccc(Cl)cc1Cl. The van der Waals surface area contributed by atoms with Gasteiger partial charge in [0.15, 0.2) is 13.2 Å². The molecule has 1 amide bonds. The summed E-state index contributed by atoms with van der Waals surface area (Å²) >= 11 is 11.7. The largest absolute Gasteiger partial charge is 0.480 e. The summed E-state index contributed by atoms with van der Waals surface area (Å²) in [5.41, 5.74) is 0. The number of ether oxygens (including phenoxy) is 2. The van der Waals surface area contributed by atoms with Crippen molar-refractivity contribution in [2.45, 2.75) is 32.2 Å². The number of likely N-dealkylation sites (tertiary alicyclic amines) is 1. The summed E-state index contributed by atoms with van der Waals surface area (Å²) in [6.45, 7) is 2.46. The van der Waals surface area contributed by atoms with Gasteiger partial charge in [0.2, 0.25) is 5.91 Å². The summed E-state index contributed by atoms with van der Waals surface area (Å²) in [6, 6.07) is 4.97. The van der Waals surface area contributed by atoms with Gasteiger partial charge in [0.25, 0.3) is 0 Å². The fourth-order valence-electron chi connectivity index (χ4n) is 2.62. The normalized spacial score (nSPS) is 16.6. The van der Waals surface area contributed by atoms with Crippen molar-refractivity contribution in [3.8, 4) is 17.6 Å². The number of allylic oxidation sites excluding steroid dienone is 1. The summed E-state index contributed by atoms with van der Waals surface area (Å²) in [7, 11) is 0. The number of hydrogen-bond donors (Lipinski definition) is 0. The highest BCUT2D eigenvalue weighted by molar-refractivity contribution is 6.35. The fourth-order valence-corrected chi connectivity index (χ4v) is 3.09. The molecule has 27 heavy (non-hydrogen) atoms. The topological polar surface area (TPSA) is 55.8 Å². The molecular formula is C20H21Cl2NO4. The second-order valence-corrected chi connectivity index (χ2v) is 6.90. The molecule has 0 saturated carbocycles. The minimum absolute atomic E-state index is 0.0401. The average Bonchev–Trinajstić information content (AvgIpc) is 2.64. The van der Waals surface area contributed by atoms with E-state index in [1.165, 1.54) is 18.2 Å². The molecule has 0 aromatic heterocycles. The van der Waals surface area contributed by atoms with Crippen LogP contribution in [0.15, 0.2) is 30.4 Å². The maximum atomic E-state index is 12.1. The van der Waals surface area contributed by atoms with Crippen LogP contribution in [0.1, 0.15) is 26.2 Å². The van der Waals surface area contributed by atoms with E-state index in [-0.39, 0.29) is 25.2 Å². The Morgan fingerprint density at radius 3 is 2.89 bits per heavy atom. The van der Waals surface area contributed by atoms with Crippen LogP contribution in [-0.2, 0) is 14.3 Å². The number of rotatable bonds is 5. The van der Waals surface area contributed by atoms with Crippen LogP contribution in [-0.4, -0.2) is 42.6 Å². The summed E-state index contributed by atoms with van der Waals surface area (Å²) in [5, 5.41) is 0.791. The molecule has 7 heteroatoms. The van der Waals surface area contributed by atoms with Crippen molar-refractivity contribution in [1.29, 1.82) is 0 Å². The van der Waals surface area contributed by atoms with Crippen LogP contribution in [0.3, 0.4) is 0 Å². The monoisotopic (exact) mass is 409 g/mol. The molecule has 1 heterocycles. The molecule has 1 aliphatic rings. The number of halogens is 2. The molecule has 1 aromatic rings. The Hall–Kier alpha value is -2.16. The molecule has 0 spiro atoms. The van der Waals surface area contributed by atoms with Gasteiger partial charge in [0.1, 0.15) is 5.75 Å². The first-order chi connectivity index (χ1) is 13.0. The lowest BCUT2D eigenvalue weighted by Crippen LogP contribution is -2.41. The van der Waals surface area contributed by atoms with Crippen LogP contribution in [0.25, 0.3) is 0 Å². The van der Waals surface area contributed by atoms with Gasteiger partial charge in [-0.05, 0) is 50.5 Å². The lowest BCUT2D eigenvalue weighted by Gasteiger charge is -2.32. The summed E-state index contributed by atoms with van der Waals surface area (Å²) < 4.78 is 10.2. The highest BCUT2D eigenvalue weighted by atomic mass is 35.5. The Balaban J connectivity index is 1.68. The summed E-state index contributed by atoms with van der Waals surface area (Å²) in [4.78, 5) is 25.5. The summed E-state index contributed by atoms with van der Waals surface area (Å²) in [6.07, 6.45) is 6.15. The minimum atomic E-state index is -0.572. The first-order valence-corrected chi connectivity index (χ1v) is 9.42. The summed E-state index contributed by atoms with van der Waals surface area (Å²) in [5.74, 6) is 5.07. The van der Waals surface area contributed by atoms with Gasteiger partial charge >= 0.3 is 5.97 Å². The van der Waals surface area contributed by atoms with E-state index in [1.807, 2.05) is 4.90 Å². The van der Waals surface area contributed by atoms with Crippen LogP contribution in [0.2, 0.25) is 10.0 Å². The molecule has 1 fully saturated rings. The molecular weight excluding hydrogens is 389 g/mol.